The summed E-state index contributed by atoms with van der Waals surface area (Å²) in [5, 5.41) is 0.100. The van der Waals surface area contributed by atoms with E-state index in [-0.39, 0.29) is 22.0 Å². The molecule has 0 aliphatic carbocycles. The lowest BCUT2D eigenvalue weighted by atomic mass is 10.2. The zero-order valence-electron chi connectivity index (χ0n) is 14.8. The maximum Gasteiger partial charge on any atom is 0.276 e. The minimum absolute atomic E-state index is 0.0205. The first-order chi connectivity index (χ1) is 12.8. The van der Waals surface area contributed by atoms with E-state index >= 15 is 0 Å². The van der Waals surface area contributed by atoms with Crippen LogP contribution in [0.15, 0.2) is 60.0 Å². The van der Waals surface area contributed by atoms with Gasteiger partial charge in [-0.05, 0) is 42.5 Å². The van der Waals surface area contributed by atoms with Crippen molar-refractivity contribution >= 4 is 33.2 Å². The monoisotopic (exact) mass is 410 g/mol. The molecule has 7 nitrogen and oxygen atoms in total. The Bertz CT molecular complexity index is 929. The number of ether oxygens (including phenoxy) is 1. The molecule has 27 heavy (non-hydrogen) atoms. The molecule has 0 bridgehead atoms. The average Bonchev–Trinajstić information content (AvgIpc) is 2.66. The SMILES string of the molecule is C=CCN(c1ccc(OC)cc1)S(=O)(=O)c1ccc(Cl)c(C(=O)NOC)c1. The van der Waals surface area contributed by atoms with Crippen LogP contribution >= 0.6 is 11.6 Å². The Balaban J connectivity index is 2.50. The third-order valence-corrected chi connectivity index (χ3v) is 5.74. The molecule has 9 heteroatoms. The van der Waals surface area contributed by atoms with E-state index in [2.05, 4.69) is 16.9 Å². The molecule has 0 spiro atoms. The summed E-state index contributed by atoms with van der Waals surface area (Å²) in [4.78, 5) is 16.5. The molecule has 2 aromatic rings. The van der Waals surface area contributed by atoms with E-state index in [0.29, 0.717) is 11.4 Å². The molecule has 144 valence electrons. The number of hydroxylamine groups is 1. The topological polar surface area (TPSA) is 84.9 Å². The molecule has 1 amide bonds. The molecule has 2 rings (SSSR count). The van der Waals surface area contributed by atoms with Crippen molar-refractivity contribution in [3.05, 3.63) is 65.7 Å². The number of hydrogen-bond donors (Lipinski definition) is 1. The molecule has 0 aliphatic heterocycles. The summed E-state index contributed by atoms with van der Waals surface area (Å²) < 4.78 is 32.6. The lowest BCUT2D eigenvalue weighted by Crippen LogP contribution is -2.31. The Kier molecular flexibility index (Phi) is 6.84. The largest absolute Gasteiger partial charge is 0.497 e. The number of anilines is 1. The zero-order chi connectivity index (χ0) is 20.0. The molecule has 0 radical (unpaired) electrons. The molecule has 0 aliphatic rings. The number of sulfonamides is 1. The number of amides is 1. The summed E-state index contributed by atoms with van der Waals surface area (Å²) in [5.41, 5.74) is 2.52. The van der Waals surface area contributed by atoms with Gasteiger partial charge in [-0.25, -0.2) is 13.9 Å². The maximum atomic E-state index is 13.2. The molecule has 0 fully saturated rings. The van der Waals surface area contributed by atoms with Crippen LogP contribution in [0.3, 0.4) is 0 Å². The Hall–Kier alpha value is -2.55. The molecule has 2 aromatic carbocycles. The maximum absolute atomic E-state index is 13.2. The summed E-state index contributed by atoms with van der Waals surface area (Å²) >= 11 is 6.01. The minimum Gasteiger partial charge on any atom is -0.497 e. The van der Waals surface area contributed by atoms with Gasteiger partial charge in [-0.3, -0.25) is 13.9 Å². The van der Waals surface area contributed by atoms with Gasteiger partial charge in [0.15, 0.2) is 0 Å². The van der Waals surface area contributed by atoms with Crippen LogP contribution in [0.2, 0.25) is 5.02 Å². The number of methoxy groups -OCH3 is 1. The van der Waals surface area contributed by atoms with Crippen molar-refractivity contribution in [3.8, 4) is 5.75 Å². The van der Waals surface area contributed by atoms with Gasteiger partial charge < -0.3 is 4.74 Å². The predicted octanol–water partition coefficient (Wildman–Crippen LogP) is 3.02. The van der Waals surface area contributed by atoms with E-state index in [9.17, 15) is 13.2 Å². The summed E-state index contributed by atoms with van der Waals surface area (Å²) in [7, 11) is -1.19. The van der Waals surface area contributed by atoms with Gasteiger partial charge in [0.25, 0.3) is 15.9 Å². The molecule has 0 heterocycles. The van der Waals surface area contributed by atoms with E-state index in [0.717, 1.165) is 0 Å². The van der Waals surface area contributed by atoms with Gasteiger partial charge in [0.2, 0.25) is 0 Å². The second-order valence-electron chi connectivity index (χ2n) is 5.30. The second kappa shape index (κ2) is 8.90. The summed E-state index contributed by atoms with van der Waals surface area (Å²) in [5.74, 6) is -0.0565. The van der Waals surface area contributed by atoms with Gasteiger partial charge in [-0.15, -0.1) is 6.58 Å². The number of benzene rings is 2. The number of nitrogens with one attached hydrogen (secondary N) is 1. The number of carbonyl (C=O) groups is 1. The van der Waals surface area contributed by atoms with Crippen LogP contribution in [0.4, 0.5) is 5.69 Å². The van der Waals surface area contributed by atoms with Crippen molar-refractivity contribution in [1.29, 1.82) is 0 Å². The third-order valence-electron chi connectivity index (χ3n) is 3.62. The predicted molar refractivity (Wildman–Crippen MR) is 104 cm³/mol. The fourth-order valence-corrected chi connectivity index (χ4v) is 3.99. The van der Waals surface area contributed by atoms with Gasteiger partial charge in [-0.1, -0.05) is 17.7 Å². The van der Waals surface area contributed by atoms with Crippen LogP contribution in [0.5, 0.6) is 5.75 Å². The van der Waals surface area contributed by atoms with E-state index in [1.54, 1.807) is 24.3 Å². The van der Waals surface area contributed by atoms with Crippen LogP contribution < -0.4 is 14.5 Å². The van der Waals surface area contributed by atoms with Crippen LogP contribution in [0.25, 0.3) is 0 Å². The molecule has 0 saturated carbocycles. The van der Waals surface area contributed by atoms with Gasteiger partial charge in [-0.2, -0.15) is 0 Å². The Morgan fingerprint density at radius 2 is 1.89 bits per heavy atom. The molecule has 0 unspecified atom stereocenters. The molecule has 0 atom stereocenters. The molecular formula is C18H19ClN2O5S. The van der Waals surface area contributed by atoms with Crippen molar-refractivity contribution < 1.29 is 22.8 Å². The van der Waals surface area contributed by atoms with E-state index in [1.165, 1.54) is 42.8 Å². The van der Waals surface area contributed by atoms with Gasteiger partial charge >= 0.3 is 0 Å². The number of rotatable bonds is 8. The fraction of sp³-hybridized carbons (Fsp3) is 0.167. The Labute approximate surface area is 163 Å². The smallest absolute Gasteiger partial charge is 0.276 e. The highest BCUT2D eigenvalue weighted by atomic mass is 35.5. The third kappa shape index (κ3) is 4.60. The van der Waals surface area contributed by atoms with Crippen molar-refractivity contribution in [3.63, 3.8) is 0 Å². The van der Waals surface area contributed by atoms with Gasteiger partial charge in [0, 0.05) is 0 Å². The van der Waals surface area contributed by atoms with Gasteiger partial charge in [0.05, 0.1) is 41.9 Å². The first-order valence-corrected chi connectivity index (χ1v) is 9.57. The van der Waals surface area contributed by atoms with E-state index in [1.807, 2.05) is 0 Å². The number of hydrogen-bond acceptors (Lipinski definition) is 5. The molecular weight excluding hydrogens is 392 g/mol. The highest BCUT2D eigenvalue weighted by Crippen LogP contribution is 2.28. The van der Waals surface area contributed by atoms with Crippen LogP contribution in [-0.2, 0) is 14.9 Å². The lowest BCUT2D eigenvalue weighted by molar-refractivity contribution is 0.0537. The van der Waals surface area contributed by atoms with E-state index in [4.69, 9.17) is 16.3 Å². The normalized spacial score (nSPS) is 10.9. The fourth-order valence-electron chi connectivity index (χ4n) is 2.32. The highest BCUT2D eigenvalue weighted by Gasteiger charge is 2.26. The van der Waals surface area contributed by atoms with Crippen molar-refractivity contribution in [2.45, 2.75) is 4.90 Å². The Morgan fingerprint density at radius 3 is 2.44 bits per heavy atom. The molecule has 0 aromatic heterocycles. The summed E-state index contributed by atoms with van der Waals surface area (Å²) in [6.07, 6.45) is 1.47. The van der Waals surface area contributed by atoms with Crippen molar-refractivity contribution in [2.75, 3.05) is 25.1 Å². The Morgan fingerprint density at radius 1 is 1.22 bits per heavy atom. The lowest BCUT2D eigenvalue weighted by Gasteiger charge is -2.23. The van der Waals surface area contributed by atoms with Crippen LogP contribution in [-0.4, -0.2) is 35.1 Å². The second-order valence-corrected chi connectivity index (χ2v) is 7.57. The van der Waals surface area contributed by atoms with Crippen molar-refractivity contribution in [1.82, 2.24) is 5.48 Å². The van der Waals surface area contributed by atoms with Crippen molar-refractivity contribution in [2.24, 2.45) is 0 Å². The number of carbonyl (C=O) groups excluding carboxylic acids is 1. The molecule has 0 saturated heterocycles. The number of halogens is 1. The van der Waals surface area contributed by atoms with Gasteiger partial charge in [0.1, 0.15) is 5.75 Å². The van der Waals surface area contributed by atoms with Crippen LogP contribution in [0, 0.1) is 0 Å². The average molecular weight is 411 g/mol. The zero-order valence-corrected chi connectivity index (χ0v) is 16.4. The quantitative estimate of drug-likeness (QED) is 0.534. The first-order valence-electron chi connectivity index (χ1n) is 7.75. The van der Waals surface area contributed by atoms with E-state index < -0.39 is 15.9 Å². The summed E-state index contributed by atoms with van der Waals surface area (Å²) in [6.45, 7) is 3.66. The van der Waals surface area contributed by atoms with Crippen LogP contribution in [0.1, 0.15) is 10.4 Å². The number of nitrogens with zero attached hydrogens (tertiary/aromatic N) is 1. The minimum atomic E-state index is -3.98. The highest BCUT2D eigenvalue weighted by molar-refractivity contribution is 7.92. The standard InChI is InChI=1S/C18H19ClN2O5S/c1-4-11-21(13-5-7-14(25-2)8-6-13)27(23,24)15-9-10-17(19)16(12-15)18(22)20-26-3/h4-10,12H,1,11H2,2-3H3,(H,20,22). The molecule has 1 N–H and O–H groups in total. The summed E-state index contributed by atoms with van der Waals surface area (Å²) in [6, 6.07) is 10.4. The first kappa shape index (κ1) is 20.8.